The monoisotopic (exact) mass is 320 g/mol. The van der Waals surface area contributed by atoms with Gasteiger partial charge < -0.3 is 5.73 Å². The van der Waals surface area contributed by atoms with Gasteiger partial charge in [-0.3, -0.25) is 0 Å². The van der Waals surface area contributed by atoms with E-state index in [2.05, 4.69) is 44.5 Å². The molecule has 0 aromatic carbocycles. The lowest BCUT2D eigenvalue weighted by Crippen LogP contribution is -2.19. The van der Waals surface area contributed by atoms with Crippen LogP contribution in [0, 0.1) is 9.62 Å². The molecular formula is C10H17IN4. The molecule has 2 N–H and O–H groups in total. The van der Waals surface area contributed by atoms with Gasteiger partial charge >= 0.3 is 0 Å². The van der Waals surface area contributed by atoms with E-state index in [0.29, 0.717) is 12.6 Å². The second-order valence-corrected chi connectivity index (χ2v) is 5.41. The van der Waals surface area contributed by atoms with E-state index in [0.717, 1.165) is 15.3 Å². The summed E-state index contributed by atoms with van der Waals surface area (Å²) >= 11 is 2.30. The zero-order chi connectivity index (χ0) is 10.8. The Morgan fingerprint density at radius 1 is 1.40 bits per heavy atom. The largest absolute Gasteiger partial charge is 0.325 e. The third-order valence-electron chi connectivity index (χ3n) is 3.23. The second kappa shape index (κ2) is 4.78. The number of aromatic nitrogens is 3. The van der Waals surface area contributed by atoms with Crippen LogP contribution in [0.3, 0.4) is 0 Å². The maximum absolute atomic E-state index is 5.59. The molecule has 4 nitrogen and oxygen atoms in total. The Balaban J connectivity index is 2.12. The minimum absolute atomic E-state index is 0.487. The van der Waals surface area contributed by atoms with Crippen LogP contribution in [0.5, 0.6) is 0 Å². The molecule has 0 atom stereocenters. The fourth-order valence-electron chi connectivity index (χ4n) is 2.16. The predicted molar refractivity (Wildman–Crippen MR) is 67.3 cm³/mol. The fraction of sp³-hybridized carbons (Fsp3) is 0.800. The molecule has 1 aliphatic carbocycles. The van der Waals surface area contributed by atoms with Gasteiger partial charge in [-0.15, -0.1) is 5.10 Å². The summed E-state index contributed by atoms with van der Waals surface area (Å²) in [7, 11) is 0. The smallest absolute Gasteiger partial charge is 0.124 e. The number of hydrogen-bond donors (Lipinski definition) is 1. The Morgan fingerprint density at radius 2 is 2.07 bits per heavy atom. The van der Waals surface area contributed by atoms with E-state index in [1.807, 2.05) is 0 Å². The molecule has 0 aliphatic heterocycles. The zero-order valence-corrected chi connectivity index (χ0v) is 11.1. The van der Waals surface area contributed by atoms with Crippen LogP contribution in [0.25, 0.3) is 0 Å². The van der Waals surface area contributed by atoms with Gasteiger partial charge in [-0.2, -0.15) is 0 Å². The highest BCUT2D eigenvalue weighted by atomic mass is 127. The van der Waals surface area contributed by atoms with E-state index >= 15 is 0 Å². The lowest BCUT2D eigenvalue weighted by molar-refractivity contribution is 0.267. The van der Waals surface area contributed by atoms with E-state index in [1.54, 1.807) is 0 Å². The average molecular weight is 320 g/mol. The van der Waals surface area contributed by atoms with Crippen molar-refractivity contribution in [3.8, 4) is 0 Å². The van der Waals surface area contributed by atoms with Gasteiger partial charge in [0.15, 0.2) is 0 Å². The van der Waals surface area contributed by atoms with E-state index in [-0.39, 0.29) is 0 Å². The highest BCUT2D eigenvalue weighted by Gasteiger charge is 2.23. The van der Waals surface area contributed by atoms with Gasteiger partial charge in [0.2, 0.25) is 0 Å². The van der Waals surface area contributed by atoms with Crippen LogP contribution < -0.4 is 5.73 Å². The Kier molecular flexibility index (Phi) is 3.60. The first-order valence-electron chi connectivity index (χ1n) is 5.52. The highest BCUT2D eigenvalue weighted by Crippen LogP contribution is 2.32. The van der Waals surface area contributed by atoms with Crippen LogP contribution in [0.4, 0.5) is 0 Å². The maximum Gasteiger partial charge on any atom is 0.124 e. The summed E-state index contributed by atoms with van der Waals surface area (Å²) in [5.74, 6) is 0.872. The molecule has 0 radical (unpaired) electrons. The minimum atomic E-state index is 0.487. The van der Waals surface area contributed by atoms with Crippen molar-refractivity contribution in [1.82, 2.24) is 15.0 Å². The molecule has 1 aromatic heterocycles. The molecule has 1 aromatic rings. The van der Waals surface area contributed by atoms with E-state index in [1.165, 1.54) is 25.7 Å². The van der Waals surface area contributed by atoms with Crippen LogP contribution in [0.15, 0.2) is 0 Å². The van der Waals surface area contributed by atoms with Crippen molar-refractivity contribution in [2.45, 2.75) is 45.2 Å². The highest BCUT2D eigenvalue weighted by molar-refractivity contribution is 14.1. The number of halogens is 1. The van der Waals surface area contributed by atoms with Gasteiger partial charge in [0.25, 0.3) is 0 Å². The van der Waals surface area contributed by atoms with Crippen LogP contribution in [0.2, 0.25) is 0 Å². The molecule has 5 heteroatoms. The number of rotatable bonds is 2. The van der Waals surface area contributed by atoms with Gasteiger partial charge in [0.05, 0.1) is 6.04 Å². The van der Waals surface area contributed by atoms with Crippen LogP contribution >= 0.6 is 22.6 Å². The molecule has 1 heterocycles. The average Bonchev–Trinajstić information content (AvgIpc) is 2.61. The van der Waals surface area contributed by atoms with Crippen molar-refractivity contribution >= 4 is 22.6 Å². The molecule has 84 valence electrons. The number of nitrogens with two attached hydrogens (primary N) is 1. The van der Waals surface area contributed by atoms with Crippen molar-refractivity contribution in [2.24, 2.45) is 11.7 Å². The topological polar surface area (TPSA) is 56.7 Å². The first-order valence-corrected chi connectivity index (χ1v) is 6.60. The van der Waals surface area contributed by atoms with Crippen molar-refractivity contribution in [1.29, 1.82) is 0 Å². The van der Waals surface area contributed by atoms with Crippen molar-refractivity contribution in [3.63, 3.8) is 0 Å². The minimum Gasteiger partial charge on any atom is -0.325 e. The third kappa shape index (κ3) is 2.33. The van der Waals surface area contributed by atoms with Crippen LogP contribution in [-0.4, -0.2) is 15.0 Å². The summed E-state index contributed by atoms with van der Waals surface area (Å²) in [5, 5.41) is 8.32. The Morgan fingerprint density at radius 3 is 2.60 bits per heavy atom. The molecule has 15 heavy (non-hydrogen) atoms. The lowest BCUT2D eigenvalue weighted by Gasteiger charge is -2.26. The summed E-state index contributed by atoms with van der Waals surface area (Å²) in [6.07, 6.45) is 5.06. The first kappa shape index (κ1) is 11.3. The molecule has 0 saturated heterocycles. The van der Waals surface area contributed by atoms with Gasteiger partial charge in [0.1, 0.15) is 9.39 Å². The van der Waals surface area contributed by atoms with Gasteiger partial charge in [-0.25, -0.2) is 4.68 Å². The SMILES string of the molecule is CC1CCC(n2nnc(CN)c2I)CC1. The van der Waals surface area contributed by atoms with Crippen LogP contribution in [-0.2, 0) is 6.54 Å². The standard InChI is InChI=1S/C10H17IN4/c1-7-2-4-8(5-3-7)15-10(11)9(6-12)13-14-15/h7-8H,2-6,12H2,1H3. The predicted octanol–water partition coefficient (Wildman–Crippen LogP) is 2.09. The van der Waals surface area contributed by atoms with Crippen molar-refractivity contribution < 1.29 is 0 Å². The summed E-state index contributed by atoms with van der Waals surface area (Å²) in [6.45, 7) is 2.81. The quantitative estimate of drug-likeness (QED) is 0.849. The van der Waals surface area contributed by atoms with Gasteiger partial charge in [0, 0.05) is 6.54 Å². The van der Waals surface area contributed by atoms with Crippen LogP contribution in [0.1, 0.15) is 44.3 Å². The summed E-state index contributed by atoms with van der Waals surface area (Å²) < 4.78 is 3.18. The molecule has 0 bridgehead atoms. The third-order valence-corrected chi connectivity index (χ3v) is 4.34. The first-order chi connectivity index (χ1) is 7.22. The Bertz CT molecular complexity index is 328. The molecule has 0 spiro atoms. The zero-order valence-electron chi connectivity index (χ0n) is 8.99. The lowest BCUT2D eigenvalue weighted by atomic mass is 9.87. The van der Waals surface area contributed by atoms with Gasteiger partial charge in [-0.05, 0) is 54.2 Å². The number of hydrogen-bond acceptors (Lipinski definition) is 3. The van der Waals surface area contributed by atoms with E-state index in [9.17, 15) is 0 Å². The Labute approximate surface area is 104 Å². The molecule has 0 unspecified atom stereocenters. The second-order valence-electron chi connectivity index (χ2n) is 4.39. The Hall–Kier alpha value is -0.170. The molecule has 1 aliphatic rings. The van der Waals surface area contributed by atoms with E-state index < -0.39 is 0 Å². The molecule has 0 amide bonds. The van der Waals surface area contributed by atoms with Crippen molar-refractivity contribution in [2.75, 3.05) is 0 Å². The van der Waals surface area contributed by atoms with Gasteiger partial charge in [-0.1, -0.05) is 12.1 Å². The normalized spacial score (nSPS) is 26.9. The summed E-state index contributed by atoms with van der Waals surface area (Å²) in [5.41, 5.74) is 6.52. The molecule has 2 rings (SSSR count). The van der Waals surface area contributed by atoms with Crippen molar-refractivity contribution in [3.05, 3.63) is 9.39 Å². The number of nitrogens with zero attached hydrogens (tertiary/aromatic N) is 3. The summed E-state index contributed by atoms with van der Waals surface area (Å²) in [6, 6.07) is 0.542. The van der Waals surface area contributed by atoms with E-state index in [4.69, 9.17) is 5.73 Å². The summed E-state index contributed by atoms with van der Waals surface area (Å²) in [4.78, 5) is 0. The maximum atomic E-state index is 5.59. The molecular weight excluding hydrogens is 303 g/mol. The molecule has 1 fully saturated rings. The fourth-order valence-corrected chi connectivity index (χ4v) is 2.98. The molecule has 1 saturated carbocycles.